The molecule has 1 aliphatic heterocycles. The van der Waals surface area contributed by atoms with Crippen LogP contribution < -0.4 is 0 Å². The van der Waals surface area contributed by atoms with E-state index < -0.39 is 0 Å². The lowest BCUT2D eigenvalue weighted by Crippen LogP contribution is -2.36. The minimum atomic E-state index is 0.457. The van der Waals surface area contributed by atoms with Gasteiger partial charge in [-0.3, -0.25) is 0 Å². The molecule has 21 heavy (non-hydrogen) atoms. The molecule has 2 fully saturated rings. The lowest BCUT2D eigenvalue weighted by molar-refractivity contribution is 0.204. The molecule has 0 spiro atoms. The first-order valence-corrected chi connectivity index (χ1v) is 8.84. The van der Waals surface area contributed by atoms with E-state index in [2.05, 4.69) is 32.6 Å². The first kappa shape index (κ1) is 13.5. The van der Waals surface area contributed by atoms with Crippen LogP contribution in [0.25, 0.3) is 0 Å². The number of hydrogen-bond donors (Lipinski definition) is 0. The van der Waals surface area contributed by atoms with Gasteiger partial charge in [-0.25, -0.2) is 0 Å². The van der Waals surface area contributed by atoms with Crippen molar-refractivity contribution >= 4 is 11.3 Å². The predicted octanol–water partition coefficient (Wildman–Crippen LogP) is 3.43. The smallest absolute Gasteiger partial charge is 0.229 e. The Hall–Kier alpha value is -1.20. The quantitative estimate of drug-likeness (QED) is 0.848. The van der Waals surface area contributed by atoms with Gasteiger partial charge in [-0.2, -0.15) is 4.98 Å². The zero-order valence-corrected chi connectivity index (χ0v) is 13.0. The van der Waals surface area contributed by atoms with Crippen molar-refractivity contribution in [2.75, 3.05) is 19.6 Å². The summed E-state index contributed by atoms with van der Waals surface area (Å²) in [5, 5.41) is 6.39. The monoisotopic (exact) mass is 303 g/mol. The largest absolute Gasteiger partial charge is 0.339 e. The molecule has 0 amide bonds. The molecule has 0 radical (unpaired) electrons. The molecule has 2 aromatic rings. The van der Waals surface area contributed by atoms with Gasteiger partial charge < -0.3 is 9.42 Å². The summed E-state index contributed by atoms with van der Waals surface area (Å²) < 4.78 is 5.42. The van der Waals surface area contributed by atoms with Crippen molar-refractivity contribution in [3.8, 4) is 0 Å². The zero-order valence-electron chi connectivity index (χ0n) is 12.2. The highest BCUT2D eigenvalue weighted by atomic mass is 32.1. The zero-order chi connectivity index (χ0) is 14.1. The number of thiophene rings is 1. The second-order valence-corrected chi connectivity index (χ2v) is 7.27. The summed E-state index contributed by atoms with van der Waals surface area (Å²) in [4.78, 5) is 8.67. The number of piperidine rings is 1. The molecule has 0 unspecified atom stereocenters. The summed E-state index contributed by atoms with van der Waals surface area (Å²) >= 11 is 1.86. The van der Waals surface area contributed by atoms with Crippen LogP contribution in [0.3, 0.4) is 0 Å². The minimum Gasteiger partial charge on any atom is -0.339 e. The van der Waals surface area contributed by atoms with Gasteiger partial charge in [0.2, 0.25) is 5.89 Å². The highest BCUT2D eigenvalue weighted by Gasteiger charge is 2.32. The number of likely N-dealkylation sites (tertiary alicyclic amines) is 1. The van der Waals surface area contributed by atoms with E-state index in [4.69, 9.17) is 4.52 Å². The van der Waals surface area contributed by atoms with E-state index >= 15 is 0 Å². The highest BCUT2D eigenvalue weighted by Crippen LogP contribution is 2.39. The van der Waals surface area contributed by atoms with Crippen molar-refractivity contribution in [1.82, 2.24) is 15.0 Å². The Labute approximate surface area is 129 Å². The molecule has 1 saturated heterocycles. The molecule has 0 N–H and O–H groups in total. The third-order valence-corrected chi connectivity index (χ3v) is 5.45. The SMILES string of the molecule is c1csc(CCN2CCC[C@H](c3noc(C4CC4)n3)C2)c1. The lowest BCUT2D eigenvalue weighted by Gasteiger charge is -2.31. The standard InChI is InChI=1S/C16H21N3OS/c1-3-13(15-17-16(20-18-15)12-5-6-12)11-19(8-1)9-7-14-4-2-10-21-14/h2,4,10,12-13H,1,3,5-9,11H2/t13-/m0/s1. The van der Waals surface area contributed by atoms with Gasteiger partial charge in [-0.15, -0.1) is 11.3 Å². The third kappa shape index (κ3) is 3.19. The van der Waals surface area contributed by atoms with Gasteiger partial charge >= 0.3 is 0 Å². The van der Waals surface area contributed by atoms with Crippen molar-refractivity contribution in [2.24, 2.45) is 0 Å². The summed E-state index contributed by atoms with van der Waals surface area (Å²) in [6.07, 6.45) is 6.03. The van der Waals surface area contributed by atoms with Crippen molar-refractivity contribution in [3.05, 3.63) is 34.1 Å². The van der Waals surface area contributed by atoms with Crippen LogP contribution in [0, 0.1) is 0 Å². The first-order chi connectivity index (χ1) is 10.4. The van der Waals surface area contributed by atoms with E-state index in [1.165, 1.54) is 37.1 Å². The molecule has 1 saturated carbocycles. The number of rotatable bonds is 5. The lowest BCUT2D eigenvalue weighted by atomic mass is 9.97. The van der Waals surface area contributed by atoms with Crippen LogP contribution >= 0.6 is 11.3 Å². The van der Waals surface area contributed by atoms with Gasteiger partial charge in [0.05, 0.1) is 0 Å². The summed E-state index contributed by atoms with van der Waals surface area (Å²) in [7, 11) is 0. The molecular weight excluding hydrogens is 282 g/mol. The fourth-order valence-corrected chi connectivity index (χ4v) is 3.80. The van der Waals surface area contributed by atoms with Gasteiger partial charge in [0.25, 0.3) is 0 Å². The number of nitrogens with zero attached hydrogens (tertiary/aromatic N) is 3. The van der Waals surface area contributed by atoms with Gasteiger partial charge in [0.1, 0.15) is 0 Å². The Morgan fingerprint density at radius 3 is 3.05 bits per heavy atom. The molecule has 4 nitrogen and oxygen atoms in total. The fourth-order valence-electron chi connectivity index (χ4n) is 3.10. The van der Waals surface area contributed by atoms with E-state index in [0.717, 1.165) is 31.2 Å². The minimum absolute atomic E-state index is 0.457. The maximum Gasteiger partial charge on any atom is 0.229 e. The molecule has 0 bridgehead atoms. The third-order valence-electron chi connectivity index (χ3n) is 4.51. The molecular formula is C16H21N3OS. The van der Waals surface area contributed by atoms with Crippen molar-refractivity contribution in [3.63, 3.8) is 0 Å². The Morgan fingerprint density at radius 1 is 1.29 bits per heavy atom. The highest BCUT2D eigenvalue weighted by molar-refractivity contribution is 7.09. The van der Waals surface area contributed by atoms with E-state index in [0.29, 0.717) is 11.8 Å². The first-order valence-electron chi connectivity index (χ1n) is 7.97. The van der Waals surface area contributed by atoms with Crippen molar-refractivity contribution < 1.29 is 4.52 Å². The van der Waals surface area contributed by atoms with Crippen molar-refractivity contribution in [1.29, 1.82) is 0 Å². The maximum atomic E-state index is 5.42. The van der Waals surface area contributed by atoms with Crippen molar-refractivity contribution in [2.45, 2.75) is 43.9 Å². The Kier molecular flexibility index (Phi) is 3.78. The molecule has 1 atom stereocenters. The molecule has 0 aromatic carbocycles. The van der Waals surface area contributed by atoms with Gasteiger partial charge in [-0.05, 0) is 50.1 Å². The second kappa shape index (κ2) is 5.89. The van der Waals surface area contributed by atoms with E-state index in [1.54, 1.807) is 0 Å². The van der Waals surface area contributed by atoms with Crippen LogP contribution in [-0.4, -0.2) is 34.7 Å². The summed E-state index contributed by atoms with van der Waals surface area (Å²) in [5.74, 6) is 2.83. The maximum absolute atomic E-state index is 5.42. The second-order valence-electron chi connectivity index (χ2n) is 6.23. The van der Waals surface area contributed by atoms with Gasteiger partial charge in [0, 0.05) is 29.8 Å². The molecule has 5 heteroatoms. The molecule has 1 aliphatic carbocycles. The number of aromatic nitrogens is 2. The molecule has 2 aliphatic rings. The molecule has 3 heterocycles. The van der Waals surface area contributed by atoms with Crippen LogP contribution in [0.15, 0.2) is 22.0 Å². The van der Waals surface area contributed by atoms with Gasteiger partial charge in [0.15, 0.2) is 5.82 Å². The predicted molar refractivity (Wildman–Crippen MR) is 82.7 cm³/mol. The Balaban J connectivity index is 1.35. The average Bonchev–Trinajstić information content (AvgIpc) is 3.05. The average molecular weight is 303 g/mol. The van der Waals surface area contributed by atoms with Gasteiger partial charge in [-0.1, -0.05) is 11.2 Å². The summed E-state index contributed by atoms with van der Waals surface area (Å²) in [6.45, 7) is 3.43. The molecule has 4 rings (SSSR count). The fraction of sp³-hybridized carbons (Fsp3) is 0.625. The summed E-state index contributed by atoms with van der Waals surface area (Å²) in [6, 6.07) is 4.37. The van der Waals surface area contributed by atoms with Crippen LogP contribution in [0.1, 0.15) is 54.1 Å². The van der Waals surface area contributed by atoms with Crippen LogP contribution in [0.4, 0.5) is 0 Å². The summed E-state index contributed by atoms with van der Waals surface area (Å²) in [5.41, 5.74) is 0. The van der Waals surface area contributed by atoms with E-state index in [9.17, 15) is 0 Å². The topological polar surface area (TPSA) is 42.2 Å². The Bertz CT molecular complexity index is 576. The van der Waals surface area contributed by atoms with Crippen LogP contribution in [-0.2, 0) is 6.42 Å². The van der Waals surface area contributed by atoms with Crippen LogP contribution in [0.2, 0.25) is 0 Å². The van der Waals surface area contributed by atoms with E-state index in [1.807, 2.05) is 11.3 Å². The van der Waals surface area contributed by atoms with Crippen LogP contribution in [0.5, 0.6) is 0 Å². The van der Waals surface area contributed by atoms with E-state index in [-0.39, 0.29) is 0 Å². The molecule has 112 valence electrons. The normalized spacial score (nSPS) is 23.5. The number of hydrogen-bond acceptors (Lipinski definition) is 5. The molecule has 2 aromatic heterocycles. The Morgan fingerprint density at radius 2 is 2.24 bits per heavy atom.